The number of carbonyl (C=O) groups is 2. The highest BCUT2D eigenvalue weighted by Crippen LogP contribution is 2.19. The zero-order chi connectivity index (χ0) is 19.9. The maximum absolute atomic E-state index is 11.7. The number of para-hydroxylation sites is 1. The number of hydrogen-bond acceptors (Lipinski definition) is 4. The van der Waals surface area contributed by atoms with Crippen LogP contribution in [0.3, 0.4) is 0 Å². The smallest absolute Gasteiger partial charge is 0.321 e. The van der Waals surface area contributed by atoms with E-state index in [0.717, 1.165) is 33.7 Å². The Balaban J connectivity index is 1.63. The van der Waals surface area contributed by atoms with Crippen molar-refractivity contribution in [3.05, 3.63) is 82.4 Å². The summed E-state index contributed by atoms with van der Waals surface area (Å²) < 4.78 is 0. The fourth-order valence-corrected chi connectivity index (χ4v) is 2.95. The topological polar surface area (TPSA) is 112 Å². The van der Waals surface area contributed by atoms with Crippen molar-refractivity contribution < 1.29 is 14.7 Å². The Morgan fingerprint density at radius 3 is 2.61 bits per heavy atom. The van der Waals surface area contributed by atoms with Gasteiger partial charge < -0.3 is 15.4 Å². The number of aromatic nitrogens is 1. The van der Waals surface area contributed by atoms with Crippen LogP contribution in [0.4, 0.5) is 0 Å². The van der Waals surface area contributed by atoms with Gasteiger partial charge in [0, 0.05) is 41.3 Å². The first-order valence-electron chi connectivity index (χ1n) is 8.72. The molecule has 0 aliphatic rings. The van der Waals surface area contributed by atoms with Crippen LogP contribution in [0.25, 0.3) is 17.0 Å². The van der Waals surface area contributed by atoms with E-state index in [1.54, 1.807) is 12.1 Å². The summed E-state index contributed by atoms with van der Waals surface area (Å²) in [5.74, 6) is -1.75. The Morgan fingerprint density at radius 2 is 1.89 bits per heavy atom. The van der Waals surface area contributed by atoms with Crippen LogP contribution in [0.1, 0.15) is 16.7 Å². The summed E-state index contributed by atoms with van der Waals surface area (Å²) >= 11 is 0. The van der Waals surface area contributed by atoms with E-state index in [1.807, 2.05) is 42.6 Å². The van der Waals surface area contributed by atoms with Gasteiger partial charge in [-0.25, -0.2) is 0 Å². The summed E-state index contributed by atoms with van der Waals surface area (Å²) in [7, 11) is 0. The van der Waals surface area contributed by atoms with Crippen LogP contribution in [0.15, 0.2) is 66.0 Å². The molecule has 0 bridgehead atoms. The normalized spacial score (nSPS) is 12.3. The number of H-pyrrole nitrogens is 1. The molecule has 1 aromatic heterocycles. The van der Waals surface area contributed by atoms with Crippen molar-refractivity contribution in [3.63, 3.8) is 0 Å². The first-order chi connectivity index (χ1) is 13.6. The summed E-state index contributed by atoms with van der Waals surface area (Å²) in [5.41, 5.74) is 3.58. The third-order valence-corrected chi connectivity index (χ3v) is 4.44. The van der Waals surface area contributed by atoms with Crippen molar-refractivity contribution >= 4 is 28.9 Å². The van der Waals surface area contributed by atoms with E-state index in [2.05, 4.69) is 15.5 Å². The van der Waals surface area contributed by atoms with Crippen LogP contribution in [0.5, 0.6) is 0 Å². The van der Waals surface area contributed by atoms with E-state index in [0.29, 0.717) is 13.0 Å². The number of fused-ring (bicyclic) bond motifs is 1. The second-order valence-electron chi connectivity index (χ2n) is 6.34. The molecule has 0 aliphatic carbocycles. The van der Waals surface area contributed by atoms with Gasteiger partial charge in [0.25, 0.3) is 0 Å². The molecule has 1 atom stereocenters. The van der Waals surface area contributed by atoms with Gasteiger partial charge in [0.1, 0.15) is 6.04 Å². The number of amides is 1. The average molecular weight is 377 g/mol. The molecule has 1 heterocycles. The van der Waals surface area contributed by atoms with Crippen molar-refractivity contribution in [2.24, 2.45) is 5.18 Å². The number of benzene rings is 2. The monoisotopic (exact) mass is 377 g/mol. The van der Waals surface area contributed by atoms with E-state index in [4.69, 9.17) is 0 Å². The lowest BCUT2D eigenvalue weighted by Crippen LogP contribution is -2.38. The molecular weight excluding hydrogens is 358 g/mol. The number of nitroso groups, excluding NO2 is 1. The minimum absolute atomic E-state index is 0.362. The van der Waals surface area contributed by atoms with Crippen LogP contribution in [-0.2, 0) is 22.6 Å². The third kappa shape index (κ3) is 4.77. The van der Waals surface area contributed by atoms with Gasteiger partial charge in [-0.05, 0) is 28.8 Å². The van der Waals surface area contributed by atoms with Crippen LogP contribution in [0, 0.1) is 4.91 Å². The van der Waals surface area contributed by atoms with Crippen molar-refractivity contribution in [3.8, 4) is 0 Å². The Bertz CT molecular complexity index is 1020. The fraction of sp³-hybridized carbons (Fsp3) is 0.143. The van der Waals surface area contributed by atoms with Crippen molar-refractivity contribution in [2.75, 3.05) is 0 Å². The quantitative estimate of drug-likeness (QED) is 0.412. The first-order valence-corrected chi connectivity index (χ1v) is 8.72. The standard InChI is InChI=1S/C21H19N3O4/c25-20(24-28)10-9-14-5-7-15(8-6-14)12-22-19(21(26)27)11-16-13-23-18-4-2-1-3-17(16)18/h1-10,13,19,22-23H,11-12H2,(H,26,27)/b10-9+. The number of carboxylic acid groups (broad SMARTS) is 1. The SMILES string of the molecule is O=NC(=O)/C=C/c1ccc(CNC(Cc2c[nH]c3ccccc23)C(=O)O)cc1. The second kappa shape index (κ2) is 8.88. The molecule has 28 heavy (non-hydrogen) atoms. The second-order valence-corrected chi connectivity index (χ2v) is 6.34. The van der Waals surface area contributed by atoms with Gasteiger partial charge in [0.2, 0.25) is 0 Å². The van der Waals surface area contributed by atoms with Gasteiger partial charge in [-0.3, -0.25) is 9.59 Å². The predicted octanol–water partition coefficient (Wildman–Crippen LogP) is 3.26. The number of carbonyl (C=O) groups excluding carboxylic acids is 1. The van der Waals surface area contributed by atoms with Crippen LogP contribution >= 0.6 is 0 Å². The van der Waals surface area contributed by atoms with E-state index in [1.165, 1.54) is 6.08 Å². The molecule has 3 aromatic rings. The number of rotatable bonds is 8. The maximum Gasteiger partial charge on any atom is 0.321 e. The lowest BCUT2D eigenvalue weighted by Gasteiger charge is -2.14. The largest absolute Gasteiger partial charge is 0.480 e. The Morgan fingerprint density at radius 1 is 1.14 bits per heavy atom. The molecule has 7 nitrogen and oxygen atoms in total. The average Bonchev–Trinajstić information content (AvgIpc) is 3.12. The number of aliphatic carboxylic acids is 1. The van der Waals surface area contributed by atoms with Crippen LogP contribution < -0.4 is 5.32 Å². The zero-order valence-electron chi connectivity index (χ0n) is 15.0. The van der Waals surface area contributed by atoms with Crippen molar-refractivity contribution in [2.45, 2.75) is 19.0 Å². The summed E-state index contributed by atoms with van der Waals surface area (Å²) in [6.45, 7) is 0.387. The van der Waals surface area contributed by atoms with E-state index in [-0.39, 0.29) is 0 Å². The molecule has 7 heteroatoms. The third-order valence-electron chi connectivity index (χ3n) is 4.44. The molecule has 1 amide bonds. The molecule has 1 unspecified atom stereocenters. The lowest BCUT2D eigenvalue weighted by molar-refractivity contribution is -0.139. The molecule has 142 valence electrons. The Hall–Kier alpha value is -3.58. The summed E-state index contributed by atoms with van der Waals surface area (Å²) in [4.78, 5) is 35.8. The predicted molar refractivity (Wildman–Crippen MR) is 107 cm³/mol. The molecular formula is C21H19N3O4. The highest BCUT2D eigenvalue weighted by Gasteiger charge is 2.19. The van der Waals surface area contributed by atoms with Crippen molar-refractivity contribution in [1.29, 1.82) is 0 Å². The number of nitrogens with zero attached hydrogens (tertiary/aromatic N) is 1. The van der Waals surface area contributed by atoms with E-state index >= 15 is 0 Å². The van der Waals surface area contributed by atoms with E-state index < -0.39 is 17.9 Å². The van der Waals surface area contributed by atoms with E-state index in [9.17, 15) is 19.6 Å². The molecule has 0 saturated carbocycles. The summed E-state index contributed by atoms with van der Waals surface area (Å²) in [5, 5.41) is 16.0. The molecule has 0 radical (unpaired) electrons. The number of carboxylic acids is 1. The minimum atomic E-state index is -0.912. The van der Waals surface area contributed by atoms with Gasteiger partial charge in [-0.1, -0.05) is 42.5 Å². The highest BCUT2D eigenvalue weighted by molar-refractivity contribution is 5.92. The molecule has 0 fully saturated rings. The van der Waals surface area contributed by atoms with Crippen LogP contribution in [0.2, 0.25) is 0 Å². The summed E-state index contributed by atoms with van der Waals surface area (Å²) in [6.07, 6.45) is 4.81. The molecule has 3 rings (SSSR count). The van der Waals surface area contributed by atoms with Crippen molar-refractivity contribution in [1.82, 2.24) is 10.3 Å². The minimum Gasteiger partial charge on any atom is -0.480 e. The number of aromatic amines is 1. The Kier molecular flexibility index (Phi) is 6.08. The maximum atomic E-state index is 11.7. The van der Waals surface area contributed by atoms with Gasteiger partial charge >= 0.3 is 11.9 Å². The van der Waals surface area contributed by atoms with Gasteiger partial charge in [0.15, 0.2) is 0 Å². The van der Waals surface area contributed by atoms with Gasteiger partial charge in [-0.2, -0.15) is 0 Å². The zero-order valence-corrected chi connectivity index (χ0v) is 15.0. The van der Waals surface area contributed by atoms with Gasteiger partial charge in [0.05, 0.1) is 0 Å². The molecule has 0 saturated heterocycles. The highest BCUT2D eigenvalue weighted by atomic mass is 16.4. The number of hydrogen-bond donors (Lipinski definition) is 3. The molecule has 0 spiro atoms. The fourth-order valence-electron chi connectivity index (χ4n) is 2.95. The number of nitrogens with one attached hydrogen (secondary N) is 2. The first kappa shape index (κ1) is 19.2. The summed E-state index contributed by atoms with van der Waals surface area (Å²) in [6, 6.07) is 14.3. The van der Waals surface area contributed by atoms with Crippen LogP contribution in [-0.4, -0.2) is 28.0 Å². The van der Waals surface area contributed by atoms with Gasteiger partial charge in [-0.15, -0.1) is 4.91 Å². The molecule has 3 N–H and O–H groups in total. The Labute approximate surface area is 161 Å². The lowest BCUT2D eigenvalue weighted by atomic mass is 10.0. The molecule has 2 aromatic carbocycles. The molecule has 0 aliphatic heterocycles.